The molecular formula is C17H35NO. The van der Waals surface area contributed by atoms with Gasteiger partial charge in [-0.2, -0.15) is 0 Å². The van der Waals surface area contributed by atoms with Crippen molar-refractivity contribution in [2.75, 3.05) is 13.2 Å². The van der Waals surface area contributed by atoms with Gasteiger partial charge in [0, 0.05) is 12.1 Å². The Hall–Kier alpha value is -0.0800. The molecule has 0 saturated heterocycles. The lowest BCUT2D eigenvalue weighted by Gasteiger charge is -2.28. The fourth-order valence-corrected chi connectivity index (χ4v) is 2.81. The van der Waals surface area contributed by atoms with Gasteiger partial charge in [0.15, 0.2) is 0 Å². The zero-order valence-electron chi connectivity index (χ0n) is 13.6. The van der Waals surface area contributed by atoms with Crippen molar-refractivity contribution in [2.24, 2.45) is 5.92 Å². The third-order valence-corrected chi connectivity index (χ3v) is 4.09. The van der Waals surface area contributed by atoms with Gasteiger partial charge in [-0.05, 0) is 58.9 Å². The minimum atomic E-state index is 0.264. The Morgan fingerprint density at radius 3 is 2.37 bits per heavy atom. The molecule has 0 bridgehead atoms. The third-order valence-electron chi connectivity index (χ3n) is 4.09. The van der Waals surface area contributed by atoms with Crippen LogP contribution in [0.25, 0.3) is 0 Å². The van der Waals surface area contributed by atoms with E-state index in [2.05, 4.69) is 33.0 Å². The lowest BCUT2D eigenvalue weighted by atomic mass is 9.88. The molecule has 1 aliphatic rings. The van der Waals surface area contributed by atoms with Crippen LogP contribution < -0.4 is 5.32 Å². The molecule has 2 atom stereocenters. The first-order valence-corrected chi connectivity index (χ1v) is 8.36. The molecule has 2 unspecified atom stereocenters. The maximum atomic E-state index is 6.04. The normalized spacial score (nSPS) is 24.6. The third kappa shape index (κ3) is 8.65. The van der Waals surface area contributed by atoms with E-state index < -0.39 is 0 Å². The predicted octanol–water partition coefficient (Wildman–Crippen LogP) is 4.53. The van der Waals surface area contributed by atoms with E-state index in [9.17, 15) is 0 Å². The number of ether oxygens (including phenoxy) is 1. The Bertz CT molecular complexity index is 222. The van der Waals surface area contributed by atoms with Crippen LogP contribution in [0.4, 0.5) is 0 Å². The Kier molecular flexibility index (Phi) is 8.01. The maximum absolute atomic E-state index is 6.04. The maximum Gasteiger partial charge on any atom is 0.0600 e. The van der Waals surface area contributed by atoms with Crippen LogP contribution in [0.5, 0.6) is 0 Å². The van der Waals surface area contributed by atoms with Gasteiger partial charge in [-0.25, -0.2) is 0 Å². The highest BCUT2D eigenvalue weighted by Crippen LogP contribution is 2.26. The molecule has 0 aromatic heterocycles. The van der Waals surface area contributed by atoms with E-state index in [0.717, 1.165) is 19.1 Å². The summed E-state index contributed by atoms with van der Waals surface area (Å²) < 4.78 is 6.04. The average Bonchev–Trinajstić information content (AvgIpc) is 2.33. The molecule has 1 rings (SSSR count). The summed E-state index contributed by atoms with van der Waals surface area (Å²) in [4.78, 5) is 0. The highest BCUT2D eigenvalue weighted by atomic mass is 16.5. The summed E-state index contributed by atoms with van der Waals surface area (Å²) in [6, 6.07) is 0. The number of unbranched alkanes of at least 4 members (excludes halogenated alkanes) is 3. The smallest absolute Gasteiger partial charge is 0.0600 e. The highest BCUT2D eigenvalue weighted by Gasteiger charge is 2.21. The molecule has 0 amide bonds. The molecule has 1 saturated carbocycles. The van der Waals surface area contributed by atoms with Crippen LogP contribution >= 0.6 is 0 Å². The Balaban J connectivity index is 1.88. The van der Waals surface area contributed by atoms with Crippen LogP contribution in [0.2, 0.25) is 0 Å². The van der Waals surface area contributed by atoms with E-state index in [1.165, 1.54) is 51.4 Å². The van der Waals surface area contributed by atoms with E-state index in [0.29, 0.717) is 6.10 Å². The van der Waals surface area contributed by atoms with Crippen LogP contribution in [-0.4, -0.2) is 24.8 Å². The minimum absolute atomic E-state index is 0.264. The fraction of sp³-hybridized carbons (Fsp3) is 1.00. The molecule has 0 aromatic rings. The molecule has 19 heavy (non-hydrogen) atoms. The van der Waals surface area contributed by atoms with Crippen LogP contribution in [0.3, 0.4) is 0 Å². The van der Waals surface area contributed by atoms with Gasteiger partial charge in [0.2, 0.25) is 0 Å². The van der Waals surface area contributed by atoms with Crippen molar-refractivity contribution in [3.63, 3.8) is 0 Å². The van der Waals surface area contributed by atoms with Crippen molar-refractivity contribution in [1.82, 2.24) is 5.32 Å². The van der Waals surface area contributed by atoms with Gasteiger partial charge < -0.3 is 10.1 Å². The van der Waals surface area contributed by atoms with Crippen molar-refractivity contribution >= 4 is 0 Å². The molecule has 1 N–H and O–H groups in total. The van der Waals surface area contributed by atoms with Crippen molar-refractivity contribution in [3.8, 4) is 0 Å². The second kappa shape index (κ2) is 8.97. The van der Waals surface area contributed by atoms with Crippen LogP contribution in [0.1, 0.15) is 79.1 Å². The summed E-state index contributed by atoms with van der Waals surface area (Å²) in [6.45, 7) is 11.2. The lowest BCUT2D eigenvalue weighted by molar-refractivity contribution is -0.00656. The Morgan fingerprint density at radius 2 is 1.68 bits per heavy atom. The molecule has 2 nitrogen and oxygen atoms in total. The molecule has 0 aliphatic heterocycles. The van der Waals surface area contributed by atoms with Gasteiger partial charge in [0.1, 0.15) is 0 Å². The summed E-state index contributed by atoms with van der Waals surface area (Å²) in [5, 5.41) is 3.54. The zero-order chi connectivity index (χ0) is 14.1. The molecular weight excluding hydrogens is 234 g/mol. The van der Waals surface area contributed by atoms with Crippen LogP contribution in [0.15, 0.2) is 0 Å². The van der Waals surface area contributed by atoms with E-state index in [1.54, 1.807) is 0 Å². The van der Waals surface area contributed by atoms with E-state index in [1.807, 2.05) is 0 Å². The van der Waals surface area contributed by atoms with Gasteiger partial charge in [-0.3, -0.25) is 0 Å². The van der Waals surface area contributed by atoms with Crippen molar-refractivity contribution in [3.05, 3.63) is 0 Å². The topological polar surface area (TPSA) is 21.3 Å². The van der Waals surface area contributed by atoms with E-state index >= 15 is 0 Å². The van der Waals surface area contributed by atoms with Gasteiger partial charge in [0.25, 0.3) is 0 Å². The standard InChI is InChI=1S/C17H35NO/c1-15-11-7-8-12-16(15)19-14-10-6-5-9-13-18-17(2,3)4/h15-16,18H,5-14H2,1-4H3. The molecule has 0 radical (unpaired) electrons. The number of hydrogen-bond acceptors (Lipinski definition) is 2. The summed E-state index contributed by atoms with van der Waals surface area (Å²) >= 11 is 0. The van der Waals surface area contributed by atoms with Crippen LogP contribution in [-0.2, 0) is 4.74 Å². The van der Waals surface area contributed by atoms with Crippen molar-refractivity contribution in [1.29, 1.82) is 0 Å². The lowest BCUT2D eigenvalue weighted by Crippen LogP contribution is -2.36. The molecule has 0 heterocycles. The summed E-state index contributed by atoms with van der Waals surface area (Å²) in [5.41, 5.74) is 0.264. The van der Waals surface area contributed by atoms with Gasteiger partial charge in [0.05, 0.1) is 6.10 Å². The quantitative estimate of drug-likeness (QED) is 0.654. The summed E-state index contributed by atoms with van der Waals surface area (Å²) in [6.07, 6.45) is 11.1. The second-order valence-corrected chi connectivity index (χ2v) is 7.26. The minimum Gasteiger partial charge on any atom is -0.378 e. The molecule has 2 heteroatoms. The molecule has 1 fully saturated rings. The largest absolute Gasteiger partial charge is 0.378 e. The first-order valence-electron chi connectivity index (χ1n) is 8.36. The van der Waals surface area contributed by atoms with E-state index in [4.69, 9.17) is 4.74 Å². The SMILES string of the molecule is CC1CCCCC1OCCCCCCNC(C)(C)C. The predicted molar refractivity (Wildman–Crippen MR) is 83.6 cm³/mol. The second-order valence-electron chi connectivity index (χ2n) is 7.26. The first kappa shape index (κ1) is 17.0. The van der Waals surface area contributed by atoms with Crippen molar-refractivity contribution in [2.45, 2.75) is 90.7 Å². The average molecular weight is 269 g/mol. The monoisotopic (exact) mass is 269 g/mol. The van der Waals surface area contributed by atoms with Crippen LogP contribution in [0, 0.1) is 5.92 Å². The summed E-state index contributed by atoms with van der Waals surface area (Å²) in [7, 11) is 0. The zero-order valence-corrected chi connectivity index (χ0v) is 13.6. The van der Waals surface area contributed by atoms with E-state index in [-0.39, 0.29) is 5.54 Å². The van der Waals surface area contributed by atoms with Gasteiger partial charge >= 0.3 is 0 Å². The highest BCUT2D eigenvalue weighted by molar-refractivity contribution is 4.72. The molecule has 0 aromatic carbocycles. The number of hydrogen-bond donors (Lipinski definition) is 1. The fourth-order valence-electron chi connectivity index (χ4n) is 2.81. The van der Waals surface area contributed by atoms with Crippen molar-refractivity contribution < 1.29 is 4.74 Å². The number of nitrogens with one attached hydrogen (secondary N) is 1. The molecule has 1 aliphatic carbocycles. The molecule has 114 valence electrons. The Labute approximate surface area is 120 Å². The van der Waals surface area contributed by atoms with Gasteiger partial charge in [-0.15, -0.1) is 0 Å². The Morgan fingerprint density at radius 1 is 1.00 bits per heavy atom. The summed E-state index contributed by atoms with van der Waals surface area (Å²) in [5.74, 6) is 0.782. The number of rotatable bonds is 8. The molecule has 0 spiro atoms. The van der Waals surface area contributed by atoms with Gasteiger partial charge in [-0.1, -0.05) is 32.6 Å². The first-order chi connectivity index (χ1) is 8.99.